The van der Waals surface area contributed by atoms with Crippen molar-refractivity contribution in [3.63, 3.8) is 0 Å². The van der Waals surface area contributed by atoms with E-state index in [1.54, 1.807) is 0 Å². The van der Waals surface area contributed by atoms with E-state index in [1.807, 2.05) is 24.1 Å². The predicted molar refractivity (Wildman–Crippen MR) is 62.5 cm³/mol. The van der Waals surface area contributed by atoms with Gasteiger partial charge in [-0.05, 0) is 24.5 Å². The van der Waals surface area contributed by atoms with Gasteiger partial charge in [0.25, 0.3) is 0 Å². The number of aromatic nitrogens is 2. The quantitative estimate of drug-likeness (QED) is 0.729. The van der Waals surface area contributed by atoms with Crippen LogP contribution in [0.4, 0.5) is 0 Å². The highest BCUT2D eigenvalue weighted by atomic mass is 16.5. The van der Waals surface area contributed by atoms with E-state index < -0.39 is 0 Å². The average Bonchev–Trinajstić information content (AvgIpc) is 2.75. The maximum absolute atomic E-state index is 5.79. The number of imidazole rings is 1. The van der Waals surface area contributed by atoms with Crippen LogP contribution in [0.1, 0.15) is 12.0 Å². The lowest BCUT2D eigenvalue weighted by Crippen LogP contribution is -2.09. The highest BCUT2D eigenvalue weighted by Gasteiger charge is 2.16. The van der Waals surface area contributed by atoms with Crippen LogP contribution >= 0.6 is 0 Å². The van der Waals surface area contributed by atoms with Gasteiger partial charge in [-0.2, -0.15) is 0 Å². The first-order chi connectivity index (χ1) is 7.86. The molecule has 2 aromatic rings. The van der Waals surface area contributed by atoms with E-state index >= 15 is 0 Å². The van der Waals surface area contributed by atoms with Gasteiger partial charge in [0.05, 0.1) is 24.8 Å². The Morgan fingerprint density at radius 2 is 2.31 bits per heavy atom. The second-order valence-electron chi connectivity index (χ2n) is 4.14. The molecule has 0 radical (unpaired) electrons. The number of rotatable bonds is 1. The minimum absolute atomic E-state index is 0.821. The number of hydrogen-bond acceptors (Lipinski definition) is 2. The SMILES string of the molecule is Cn1cncc1-c1cccc2c1OCCC2. The molecule has 82 valence electrons. The Bertz CT molecular complexity index is 516. The van der Waals surface area contributed by atoms with Crippen molar-refractivity contribution in [2.75, 3.05) is 6.61 Å². The summed E-state index contributed by atoms with van der Waals surface area (Å²) in [4.78, 5) is 4.15. The summed E-state index contributed by atoms with van der Waals surface area (Å²) in [6.45, 7) is 0.821. The zero-order chi connectivity index (χ0) is 11.0. The minimum atomic E-state index is 0.821. The summed E-state index contributed by atoms with van der Waals surface area (Å²) in [5.74, 6) is 1.04. The molecule has 3 nitrogen and oxygen atoms in total. The van der Waals surface area contributed by atoms with Gasteiger partial charge >= 0.3 is 0 Å². The molecule has 16 heavy (non-hydrogen) atoms. The molecule has 0 bridgehead atoms. The zero-order valence-corrected chi connectivity index (χ0v) is 9.31. The van der Waals surface area contributed by atoms with E-state index in [4.69, 9.17) is 4.74 Å². The second kappa shape index (κ2) is 3.67. The van der Waals surface area contributed by atoms with Crippen molar-refractivity contribution in [1.82, 2.24) is 9.55 Å². The van der Waals surface area contributed by atoms with Crippen LogP contribution in [-0.2, 0) is 13.5 Å². The van der Waals surface area contributed by atoms with Crippen LogP contribution in [0.3, 0.4) is 0 Å². The molecule has 0 atom stereocenters. The van der Waals surface area contributed by atoms with Crippen molar-refractivity contribution >= 4 is 0 Å². The summed E-state index contributed by atoms with van der Waals surface area (Å²) in [5.41, 5.74) is 3.57. The number of aryl methyl sites for hydroxylation is 2. The molecule has 0 saturated carbocycles. The first-order valence-corrected chi connectivity index (χ1v) is 5.57. The summed E-state index contributed by atoms with van der Waals surface area (Å²) < 4.78 is 7.81. The molecule has 2 heterocycles. The number of fused-ring (bicyclic) bond motifs is 1. The second-order valence-corrected chi connectivity index (χ2v) is 4.14. The monoisotopic (exact) mass is 214 g/mol. The third-order valence-corrected chi connectivity index (χ3v) is 3.03. The van der Waals surface area contributed by atoms with Gasteiger partial charge in [0, 0.05) is 12.6 Å². The van der Waals surface area contributed by atoms with E-state index in [9.17, 15) is 0 Å². The fourth-order valence-corrected chi connectivity index (χ4v) is 2.21. The van der Waals surface area contributed by atoms with Crippen LogP contribution in [0.2, 0.25) is 0 Å². The highest BCUT2D eigenvalue weighted by Crippen LogP contribution is 2.35. The Balaban J connectivity index is 2.18. The molecule has 0 amide bonds. The van der Waals surface area contributed by atoms with E-state index in [-0.39, 0.29) is 0 Å². The Morgan fingerprint density at radius 1 is 1.38 bits per heavy atom. The maximum atomic E-state index is 5.79. The number of nitrogens with zero attached hydrogens (tertiary/aromatic N) is 2. The molecule has 0 aliphatic carbocycles. The first-order valence-electron chi connectivity index (χ1n) is 5.57. The molecule has 0 unspecified atom stereocenters. The number of ether oxygens (including phenoxy) is 1. The number of hydrogen-bond donors (Lipinski definition) is 0. The molecular weight excluding hydrogens is 200 g/mol. The van der Waals surface area contributed by atoms with E-state index in [2.05, 4.69) is 23.2 Å². The van der Waals surface area contributed by atoms with E-state index in [1.165, 1.54) is 5.56 Å². The molecule has 3 heteroatoms. The fourth-order valence-electron chi connectivity index (χ4n) is 2.21. The summed E-state index contributed by atoms with van der Waals surface area (Å²) in [6.07, 6.45) is 5.92. The molecule has 3 rings (SSSR count). The van der Waals surface area contributed by atoms with Crippen molar-refractivity contribution < 1.29 is 4.74 Å². The molecule has 0 saturated heterocycles. The normalized spacial score (nSPS) is 14.3. The summed E-state index contributed by atoms with van der Waals surface area (Å²) in [6, 6.07) is 6.34. The lowest BCUT2D eigenvalue weighted by Gasteiger charge is -2.20. The minimum Gasteiger partial charge on any atom is -0.493 e. The highest BCUT2D eigenvalue weighted by molar-refractivity contribution is 5.69. The molecule has 0 N–H and O–H groups in total. The summed E-state index contributed by atoms with van der Waals surface area (Å²) >= 11 is 0. The number of para-hydroxylation sites is 1. The van der Waals surface area contributed by atoms with Gasteiger partial charge in [-0.15, -0.1) is 0 Å². The van der Waals surface area contributed by atoms with E-state index in [0.29, 0.717) is 0 Å². The third-order valence-electron chi connectivity index (χ3n) is 3.03. The van der Waals surface area contributed by atoms with Crippen LogP contribution in [0, 0.1) is 0 Å². The Kier molecular flexibility index (Phi) is 2.17. The zero-order valence-electron chi connectivity index (χ0n) is 9.31. The average molecular weight is 214 g/mol. The molecule has 1 aliphatic heterocycles. The van der Waals surface area contributed by atoms with Crippen LogP contribution in [0.25, 0.3) is 11.3 Å². The molecule has 1 aromatic heterocycles. The third kappa shape index (κ3) is 1.40. The Hall–Kier alpha value is -1.77. The van der Waals surface area contributed by atoms with Gasteiger partial charge in [0.1, 0.15) is 5.75 Å². The van der Waals surface area contributed by atoms with Crippen LogP contribution in [-0.4, -0.2) is 16.2 Å². The van der Waals surface area contributed by atoms with Gasteiger partial charge < -0.3 is 9.30 Å². The van der Waals surface area contributed by atoms with Crippen molar-refractivity contribution in [1.29, 1.82) is 0 Å². The largest absolute Gasteiger partial charge is 0.493 e. The van der Waals surface area contributed by atoms with Gasteiger partial charge in [-0.3, -0.25) is 0 Å². The maximum Gasteiger partial charge on any atom is 0.131 e. The Morgan fingerprint density at radius 3 is 3.12 bits per heavy atom. The van der Waals surface area contributed by atoms with Crippen molar-refractivity contribution in [2.45, 2.75) is 12.8 Å². The van der Waals surface area contributed by atoms with Crippen LogP contribution in [0.5, 0.6) is 5.75 Å². The first kappa shape index (κ1) is 9.46. The topological polar surface area (TPSA) is 27.1 Å². The number of benzene rings is 1. The fraction of sp³-hybridized carbons (Fsp3) is 0.308. The predicted octanol–water partition coefficient (Wildman–Crippen LogP) is 2.41. The standard InChI is InChI=1S/C13H14N2O/c1-15-9-14-8-12(15)11-6-2-4-10-5-3-7-16-13(10)11/h2,4,6,8-9H,3,5,7H2,1H3. The summed E-state index contributed by atoms with van der Waals surface area (Å²) in [5, 5.41) is 0. The lowest BCUT2D eigenvalue weighted by molar-refractivity contribution is 0.289. The van der Waals surface area contributed by atoms with Crippen LogP contribution in [0.15, 0.2) is 30.7 Å². The summed E-state index contributed by atoms with van der Waals surface area (Å²) in [7, 11) is 2.00. The van der Waals surface area contributed by atoms with Crippen molar-refractivity contribution in [2.24, 2.45) is 7.05 Å². The van der Waals surface area contributed by atoms with Crippen LogP contribution < -0.4 is 4.74 Å². The molecule has 1 aliphatic rings. The smallest absolute Gasteiger partial charge is 0.131 e. The molecule has 0 fully saturated rings. The van der Waals surface area contributed by atoms with Gasteiger partial charge in [0.2, 0.25) is 0 Å². The van der Waals surface area contributed by atoms with Gasteiger partial charge in [-0.25, -0.2) is 4.98 Å². The molecular formula is C13H14N2O. The van der Waals surface area contributed by atoms with E-state index in [0.717, 1.165) is 36.5 Å². The molecule has 1 aromatic carbocycles. The lowest BCUT2D eigenvalue weighted by atomic mass is 10.0. The Labute approximate surface area is 94.7 Å². The molecule has 0 spiro atoms. The van der Waals surface area contributed by atoms with Crippen molar-refractivity contribution in [3.05, 3.63) is 36.3 Å². The van der Waals surface area contributed by atoms with Crippen molar-refractivity contribution in [3.8, 4) is 17.0 Å². The van der Waals surface area contributed by atoms with Gasteiger partial charge in [-0.1, -0.05) is 12.1 Å². The van der Waals surface area contributed by atoms with Gasteiger partial charge in [0.15, 0.2) is 0 Å².